The van der Waals surface area contributed by atoms with Gasteiger partial charge in [0.05, 0.1) is 13.2 Å². The first-order chi connectivity index (χ1) is 9.52. The summed E-state index contributed by atoms with van der Waals surface area (Å²) in [7, 11) is 1.59. The molecule has 0 saturated heterocycles. The van der Waals surface area contributed by atoms with E-state index in [1.807, 2.05) is 0 Å². The first kappa shape index (κ1) is 16.1. The van der Waals surface area contributed by atoms with Crippen LogP contribution >= 0.6 is 31.9 Å². The minimum absolute atomic E-state index is 0.110. The van der Waals surface area contributed by atoms with E-state index < -0.39 is 11.6 Å². The van der Waals surface area contributed by atoms with Gasteiger partial charge in [-0.2, -0.15) is 4.39 Å². The fourth-order valence-electron chi connectivity index (χ4n) is 1.90. The van der Waals surface area contributed by atoms with Crippen LogP contribution in [0.4, 0.5) is 8.78 Å². The van der Waals surface area contributed by atoms with Crippen molar-refractivity contribution in [2.45, 2.75) is 23.5 Å². The molecule has 1 aliphatic carbocycles. The SMILES string of the molecule is COCCOC1C(Br)CC1Oc1cc(Br)cc(F)c1F. The lowest BCUT2D eigenvalue weighted by Gasteiger charge is -2.40. The van der Waals surface area contributed by atoms with Crippen LogP contribution in [-0.2, 0) is 9.47 Å². The van der Waals surface area contributed by atoms with Crippen LogP contribution in [0.15, 0.2) is 16.6 Å². The Morgan fingerprint density at radius 2 is 2.05 bits per heavy atom. The Morgan fingerprint density at radius 3 is 2.70 bits per heavy atom. The van der Waals surface area contributed by atoms with Crippen molar-refractivity contribution in [2.24, 2.45) is 0 Å². The van der Waals surface area contributed by atoms with Gasteiger partial charge in [0.1, 0.15) is 12.2 Å². The van der Waals surface area contributed by atoms with Crippen molar-refractivity contribution in [3.05, 3.63) is 28.2 Å². The molecule has 3 unspecified atom stereocenters. The quantitative estimate of drug-likeness (QED) is 0.403. The number of methoxy groups -OCH3 is 1. The highest BCUT2D eigenvalue weighted by molar-refractivity contribution is 9.10. The molecule has 0 aromatic heterocycles. The summed E-state index contributed by atoms with van der Waals surface area (Å²) >= 11 is 6.57. The number of hydrogen-bond donors (Lipinski definition) is 0. The van der Waals surface area contributed by atoms with Crippen LogP contribution in [0.3, 0.4) is 0 Å². The van der Waals surface area contributed by atoms with E-state index in [0.717, 1.165) is 6.07 Å². The van der Waals surface area contributed by atoms with Crippen molar-refractivity contribution in [1.82, 2.24) is 0 Å². The van der Waals surface area contributed by atoms with Crippen LogP contribution in [0.25, 0.3) is 0 Å². The van der Waals surface area contributed by atoms with Gasteiger partial charge in [0.2, 0.25) is 5.82 Å². The second kappa shape index (κ2) is 7.15. The molecule has 3 atom stereocenters. The lowest BCUT2D eigenvalue weighted by molar-refractivity contribution is -0.0876. The van der Waals surface area contributed by atoms with E-state index in [9.17, 15) is 8.78 Å². The molecule has 1 aliphatic rings. The molecule has 0 aliphatic heterocycles. The highest BCUT2D eigenvalue weighted by atomic mass is 79.9. The van der Waals surface area contributed by atoms with Gasteiger partial charge in [0.15, 0.2) is 11.6 Å². The summed E-state index contributed by atoms with van der Waals surface area (Å²) in [6, 6.07) is 2.47. The minimum Gasteiger partial charge on any atom is -0.484 e. The van der Waals surface area contributed by atoms with Crippen LogP contribution in [0.1, 0.15) is 6.42 Å². The molecular weight excluding hydrogens is 402 g/mol. The van der Waals surface area contributed by atoms with Crippen molar-refractivity contribution in [3.8, 4) is 5.75 Å². The third-order valence-corrected chi connectivity index (χ3v) is 4.37. The zero-order valence-electron chi connectivity index (χ0n) is 10.7. The molecular formula is C13H14Br2F2O3. The lowest BCUT2D eigenvalue weighted by atomic mass is 9.91. The first-order valence-corrected chi connectivity index (χ1v) is 7.79. The Morgan fingerprint density at radius 1 is 1.30 bits per heavy atom. The molecule has 0 heterocycles. The molecule has 20 heavy (non-hydrogen) atoms. The van der Waals surface area contributed by atoms with Crippen LogP contribution in [0.5, 0.6) is 5.75 Å². The number of hydrogen-bond acceptors (Lipinski definition) is 3. The van der Waals surface area contributed by atoms with E-state index in [1.165, 1.54) is 6.07 Å². The van der Waals surface area contributed by atoms with Crippen molar-refractivity contribution in [3.63, 3.8) is 0 Å². The number of rotatable bonds is 6. The zero-order valence-corrected chi connectivity index (χ0v) is 13.9. The maximum Gasteiger partial charge on any atom is 0.200 e. The Balaban J connectivity index is 1.99. The van der Waals surface area contributed by atoms with E-state index in [2.05, 4.69) is 31.9 Å². The van der Waals surface area contributed by atoms with Gasteiger partial charge in [-0.3, -0.25) is 0 Å². The topological polar surface area (TPSA) is 27.7 Å². The molecule has 0 N–H and O–H groups in total. The molecule has 2 rings (SSSR count). The van der Waals surface area contributed by atoms with E-state index in [-0.39, 0.29) is 22.8 Å². The van der Waals surface area contributed by atoms with Crippen molar-refractivity contribution < 1.29 is 23.0 Å². The second-order valence-corrected chi connectivity index (χ2v) is 6.53. The van der Waals surface area contributed by atoms with E-state index in [0.29, 0.717) is 24.1 Å². The monoisotopic (exact) mass is 414 g/mol. The van der Waals surface area contributed by atoms with E-state index in [4.69, 9.17) is 14.2 Å². The molecule has 1 aromatic rings. The van der Waals surface area contributed by atoms with Crippen LogP contribution in [0.2, 0.25) is 0 Å². The molecule has 0 radical (unpaired) electrons. The second-order valence-electron chi connectivity index (χ2n) is 4.44. The largest absolute Gasteiger partial charge is 0.484 e. The van der Waals surface area contributed by atoms with Gasteiger partial charge < -0.3 is 14.2 Å². The fraction of sp³-hybridized carbons (Fsp3) is 0.538. The van der Waals surface area contributed by atoms with Gasteiger partial charge in [0.25, 0.3) is 0 Å². The predicted octanol–water partition coefficient (Wildman–Crippen LogP) is 3.67. The fourth-order valence-corrected chi connectivity index (χ4v) is 3.17. The Bertz CT molecular complexity index is 473. The Kier molecular flexibility index (Phi) is 5.77. The number of ether oxygens (including phenoxy) is 3. The molecule has 0 bridgehead atoms. The maximum absolute atomic E-state index is 13.6. The van der Waals surface area contributed by atoms with Crippen LogP contribution < -0.4 is 4.74 Å². The standard InChI is InChI=1S/C13H14Br2F2O3/c1-18-2-3-19-13-8(15)6-11(13)20-10-5-7(14)4-9(16)12(10)17/h4-5,8,11,13H,2-3,6H2,1H3. The first-order valence-electron chi connectivity index (χ1n) is 6.08. The number of benzene rings is 1. The molecule has 1 saturated carbocycles. The molecule has 0 spiro atoms. The number of alkyl halides is 1. The summed E-state index contributed by atoms with van der Waals surface area (Å²) in [4.78, 5) is 0.143. The van der Waals surface area contributed by atoms with Crippen molar-refractivity contribution in [1.29, 1.82) is 0 Å². The third-order valence-electron chi connectivity index (χ3n) is 3.02. The summed E-state index contributed by atoms with van der Waals surface area (Å²) in [6.07, 6.45) is 0.164. The summed E-state index contributed by atoms with van der Waals surface area (Å²) in [6.45, 7) is 0.904. The molecule has 7 heteroatoms. The third kappa shape index (κ3) is 3.69. The number of halogens is 4. The van der Waals surface area contributed by atoms with E-state index >= 15 is 0 Å². The highest BCUT2D eigenvalue weighted by Crippen LogP contribution is 2.36. The van der Waals surface area contributed by atoms with Crippen LogP contribution in [0, 0.1) is 11.6 Å². The summed E-state index contributed by atoms with van der Waals surface area (Å²) in [5.74, 6) is -2.04. The summed E-state index contributed by atoms with van der Waals surface area (Å²) in [5.41, 5.74) is 0. The van der Waals surface area contributed by atoms with Crippen LogP contribution in [-0.4, -0.2) is 37.4 Å². The molecule has 1 aromatic carbocycles. The van der Waals surface area contributed by atoms with Gasteiger partial charge in [0, 0.05) is 22.8 Å². The molecule has 0 amide bonds. The predicted molar refractivity (Wildman–Crippen MR) is 77.4 cm³/mol. The van der Waals surface area contributed by atoms with Gasteiger partial charge >= 0.3 is 0 Å². The van der Waals surface area contributed by atoms with Crippen molar-refractivity contribution in [2.75, 3.05) is 20.3 Å². The summed E-state index contributed by atoms with van der Waals surface area (Å²) in [5, 5.41) is 0. The lowest BCUT2D eigenvalue weighted by Crippen LogP contribution is -2.52. The average molecular weight is 416 g/mol. The average Bonchev–Trinajstić information content (AvgIpc) is 2.39. The smallest absolute Gasteiger partial charge is 0.200 e. The summed E-state index contributed by atoms with van der Waals surface area (Å²) < 4.78 is 43.4. The minimum atomic E-state index is -0.984. The zero-order chi connectivity index (χ0) is 14.7. The normalized spacial score (nSPS) is 25.4. The van der Waals surface area contributed by atoms with Gasteiger partial charge in [-0.1, -0.05) is 31.9 Å². The Hall–Kier alpha value is -0.240. The van der Waals surface area contributed by atoms with Gasteiger partial charge in [-0.05, 0) is 12.1 Å². The highest BCUT2D eigenvalue weighted by Gasteiger charge is 2.42. The molecule has 112 valence electrons. The van der Waals surface area contributed by atoms with Gasteiger partial charge in [-0.25, -0.2) is 4.39 Å². The molecule has 1 fully saturated rings. The van der Waals surface area contributed by atoms with Crippen molar-refractivity contribution >= 4 is 31.9 Å². The Labute approximate surface area is 132 Å². The molecule has 3 nitrogen and oxygen atoms in total. The van der Waals surface area contributed by atoms with Gasteiger partial charge in [-0.15, -0.1) is 0 Å². The maximum atomic E-state index is 13.6. The van der Waals surface area contributed by atoms with E-state index in [1.54, 1.807) is 7.11 Å².